The lowest BCUT2D eigenvalue weighted by molar-refractivity contribution is 0.218. The monoisotopic (exact) mass is 456 g/mol. The van der Waals surface area contributed by atoms with Crippen LogP contribution in [0.5, 0.6) is 17.2 Å². The molecule has 2 aliphatic heterocycles. The van der Waals surface area contributed by atoms with Crippen molar-refractivity contribution in [2.75, 3.05) is 19.5 Å². The summed E-state index contributed by atoms with van der Waals surface area (Å²) in [5.74, 6) is 2.11. The van der Waals surface area contributed by atoms with Crippen molar-refractivity contribution in [3.8, 4) is 17.2 Å². The van der Waals surface area contributed by atoms with E-state index >= 15 is 4.39 Å². The number of rotatable bonds is 4. The van der Waals surface area contributed by atoms with Gasteiger partial charge >= 0.3 is 0 Å². The molecule has 0 fully saturated rings. The highest BCUT2D eigenvalue weighted by Gasteiger charge is 2.41. The maximum Gasteiger partial charge on any atom is 0.226 e. The second kappa shape index (κ2) is 7.91. The minimum absolute atomic E-state index is 0.339. The zero-order chi connectivity index (χ0) is 23.2. The highest BCUT2D eigenvalue weighted by atomic mass is 19.1. The average molecular weight is 456 g/mol. The number of ether oxygens (including phenoxy) is 3. The van der Waals surface area contributed by atoms with Crippen LogP contribution < -0.4 is 19.5 Å². The Morgan fingerprint density at radius 2 is 1.76 bits per heavy atom. The van der Waals surface area contributed by atoms with E-state index in [1.807, 2.05) is 48.5 Å². The first kappa shape index (κ1) is 20.3. The topological polar surface area (TPSA) is 70.4 Å². The molecule has 3 aromatic carbocycles. The van der Waals surface area contributed by atoms with Gasteiger partial charge in [0.2, 0.25) is 5.95 Å². The number of nitrogens with one attached hydrogen (secondary N) is 1. The van der Waals surface area contributed by atoms with E-state index < -0.39 is 12.1 Å². The van der Waals surface area contributed by atoms with Crippen molar-refractivity contribution < 1.29 is 18.6 Å². The molecule has 2 atom stereocenters. The van der Waals surface area contributed by atoms with Gasteiger partial charge in [0.05, 0.1) is 19.9 Å². The molecular formula is C26H21FN4O3. The number of hydrogen-bond donors (Lipinski definition) is 1. The number of methoxy groups -OCH3 is 2. The van der Waals surface area contributed by atoms with Crippen molar-refractivity contribution >= 4 is 11.6 Å². The SMILES string of the molecule is COc1ccc(C2C3=C(Nc4ncnn42)c2ccccc2OC3c2ccccc2F)cc1OC. The van der Waals surface area contributed by atoms with E-state index in [9.17, 15) is 0 Å². The molecule has 0 saturated carbocycles. The highest BCUT2D eigenvalue weighted by Crippen LogP contribution is 2.51. The first-order valence-corrected chi connectivity index (χ1v) is 10.8. The van der Waals surface area contributed by atoms with E-state index in [-0.39, 0.29) is 5.82 Å². The van der Waals surface area contributed by atoms with Crippen LogP contribution >= 0.6 is 0 Å². The Bertz CT molecular complexity index is 1430. The summed E-state index contributed by atoms with van der Waals surface area (Å²) in [6.45, 7) is 0. The Balaban J connectivity index is 1.63. The number of halogens is 1. The smallest absolute Gasteiger partial charge is 0.226 e. The van der Waals surface area contributed by atoms with Gasteiger partial charge in [-0.2, -0.15) is 10.1 Å². The van der Waals surface area contributed by atoms with Crippen LogP contribution in [0.1, 0.15) is 28.8 Å². The number of hydrogen-bond acceptors (Lipinski definition) is 6. The first-order valence-electron chi connectivity index (χ1n) is 10.8. The Morgan fingerprint density at radius 3 is 2.59 bits per heavy atom. The summed E-state index contributed by atoms with van der Waals surface area (Å²) in [6.07, 6.45) is 0.813. The van der Waals surface area contributed by atoms with Gasteiger partial charge in [-0.25, -0.2) is 9.07 Å². The average Bonchev–Trinajstić information content (AvgIpc) is 3.35. The van der Waals surface area contributed by atoms with Crippen molar-refractivity contribution in [1.29, 1.82) is 0 Å². The third-order valence-corrected chi connectivity index (χ3v) is 6.23. The standard InChI is InChI=1S/C26H21FN4O3/c1-32-20-12-11-15(13-21(20)33-2)24-22-23(30-26-28-14-29-31(24)26)17-8-4-6-10-19(17)34-25(22)16-7-3-5-9-18(16)27/h3-14,24-25H,1-2H3,(H,28,29,30). The molecule has 2 aliphatic rings. The predicted octanol–water partition coefficient (Wildman–Crippen LogP) is 4.99. The number of anilines is 1. The molecule has 0 saturated heterocycles. The minimum Gasteiger partial charge on any atom is -0.493 e. The quantitative estimate of drug-likeness (QED) is 0.466. The Hall–Kier alpha value is -4.33. The summed E-state index contributed by atoms with van der Waals surface area (Å²) in [5.41, 5.74) is 3.86. The van der Waals surface area contributed by atoms with Gasteiger partial charge in [0.25, 0.3) is 0 Å². The van der Waals surface area contributed by atoms with Crippen molar-refractivity contribution in [1.82, 2.24) is 14.8 Å². The third-order valence-electron chi connectivity index (χ3n) is 6.23. The molecule has 0 aliphatic carbocycles. The minimum atomic E-state index is -0.686. The third kappa shape index (κ3) is 3.02. The zero-order valence-electron chi connectivity index (χ0n) is 18.5. The van der Waals surface area contributed by atoms with E-state index in [1.54, 1.807) is 31.0 Å². The second-order valence-electron chi connectivity index (χ2n) is 8.02. The Labute approximate surface area is 195 Å². The van der Waals surface area contributed by atoms with Gasteiger partial charge in [0.1, 0.15) is 23.9 Å². The number of aromatic nitrogens is 3. The molecule has 1 N–H and O–H groups in total. The van der Waals surface area contributed by atoms with Gasteiger partial charge in [0.15, 0.2) is 17.6 Å². The summed E-state index contributed by atoms with van der Waals surface area (Å²) in [6, 6.07) is 19.7. The molecule has 0 bridgehead atoms. The summed E-state index contributed by atoms with van der Waals surface area (Å²) in [7, 11) is 3.19. The molecule has 2 unspecified atom stereocenters. The van der Waals surface area contributed by atoms with E-state index in [4.69, 9.17) is 14.2 Å². The number of para-hydroxylation sites is 1. The summed E-state index contributed by atoms with van der Waals surface area (Å²) in [5, 5.41) is 7.91. The Kier molecular flexibility index (Phi) is 4.72. The van der Waals surface area contributed by atoms with E-state index in [1.165, 1.54) is 12.4 Å². The molecule has 3 heterocycles. The summed E-state index contributed by atoms with van der Waals surface area (Å²) >= 11 is 0. The van der Waals surface area contributed by atoms with Crippen LogP contribution in [-0.4, -0.2) is 29.0 Å². The fourth-order valence-electron chi connectivity index (χ4n) is 4.71. The fourth-order valence-corrected chi connectivity index (χ4v) is 4.71. The lowest BCUT2D eigenvalue weighted by Gasteiger charge is -2.39. The normalized spacial score (nSPS) is 18.2. The highest BCUT2D eigenvalue weighted by molar-refractivity contribution is 5.85. The number of benzene rings is 3. The molecule has 0 spiro atoms. The summed E-state index contributed by atoms with van der Waals surface area (Å²) < 4.78 is 34.3. The van der Waals surface area contributed by atoms with E-state index in [2.05, 4.69) is 15.4 Å². The molecule has 0 amide bonds. The van der Waals surface area contributed by atoms with Gasteiger partial charge in [-0.1, -0.05) is 36.4 Å². The van der Waals surface area contributed by atoms with Crippen molar-refractivity contribution in [2.45, 2.75) is 12.1 Å². The van der Waals surface area contributed by atoms with Gasteiger partial charge in [-0.05, 0) is 35.9 Å². The molecule has 170 valence electrons. The molecule has 0 radical (unpaired) electrons. The molecular weight excluding hydrogens is 435 g/mol. The Morgan fingerprint density at radius 1 is 0.971 bits per heavy atom. The number of fused-ring (bicyclic) bond motifs is 3. The predicted molar refractivity (Wildman–Crippen MR) is 124 cm³/mol. The molecule has 4 aromatic rings. The molecule has 6 rings (SSSR count). The molecule has 7 nitrogen and oxygen atoms in total. The van der Waals surface area contributed by atoms with Crippen LogP contribution in [-0.2, 0) is 0 Å². The van der Waals surface area contributed by atoms with Gasteiger partial charge < -0.3 is 19.5 Å². The molecule has 34 heavy (non-hydrogen) atoms. The van der Waals surface area contributed by atoms with Gasteiger partial charge in [-0.3, -0.25) is 0 Å². The van der Waals surface area contributed by atoms with Crippen LogP contribution in [0.3, 0.4) is 0 Å². The maximum atomic E-state index is 15.1. The van der Waals surface area contributed by atoms with Crippen molar-refractivity contribution in [2.24, 2.45) is 0 Å². The van der Waals surface area contributed by atoms with Crippen LogP contribution in [0, 0.1) is 5.82 Å². The largest absolute Gasteiger partial charge is 0.493 e. The fraction of sp³-hybridized carbons (Fsp3) is 0.154. The van der Waals surface area contributed by atoms with Crippen LogP contribution in [0.2, 0.25) is 0 Å². The van der Waals surface area contributed by atoms with Crippen LogP contribution in [0.15, 0.2) is 78.6 Å². The lowest BCUT2D eigenvalue weighted by Crippen LogP contribution is -2.32. The van der Waals surface area contributed by atoms with E-state index in [0.717, 1.165) is 22.4 Å². The number of nitrogens with zero attached hydrogens (tertiary/aromatic N) is 3. The van der Waals surface area contributed by atoms with Gasteiger partial charge in [0, 0.05) is 16.7 Å². The summed E-state index contributed by atoms with van der Waals surface area (Å²) in [4.78, 5) is 4.42. The zero-order valence-corrected chi connectivity index (χ0v) is 18.5. The van der Waals surface area contributed by atoms with Crippen molar-refractivity contribution in [3.05, 3.63) is 101 Å². The molecule has 1 aromatic heterocycles. The second-order valence-corrected chi connectivity index (χ2v) is 8.02. The van der Waals surface area contributed by atoms with Crippen LogP contribution in [0.25, 0.3) is 5.70 Å². The molecule has 8 heteroatoms. The first-order chi connectivity index (χ1) is 16.7. The lowest BCUT2D eigenvalue weighted by atomic mass is 9.84. The van der Waals surface area contributed by atoms with E-state index in [0.29, 0.717) is 28.8 Å². The maximum absolute atomic E-state index is 15.1. The van der Waals surface area contributed by atoms with Gasteiger partial charge in [-0.15, -0.1) is 0 Å². The van der Waals surface area contributed by atoms with Crippen molar-refractivity contribution in [3.63, 3.8) is 0 Å². The van der Waals surface area contributed by atoms with Crippen LogP contribution in [0.4, 0.5) is 10.3 Å².